The van der Waals surface area contributed by atoms with Crippen molar-refractivity contribution < 1.29 is 13.2 Å². The Kier molecular flexibility index (Phi) is 5.25. The van der Waals surface area contributed by atoms with Crippen LogP contribution in [0.25, 0.3) is 0 Å². The second kappa shape index (κ2) is 6.26. The largest absolute Gasteiger partial charge is 0.451 e. The summed E-state index contributed by atoms with van der Waals surface area (Å²) in [6.07, 6.45) is -4.52. The summed E-state index contributed by atoms with van der Waals surface area (Å²) < 4.78 is 37.9. The van der Waals surface area contributed by atoms with E-state index in [0.717, 1.165) is 5.75 Å². The van der Waals surface area contributed by atoms with Crippen LogP contribution < -0.4 is 5.32 Å². The Hall–Kier alpha value is -0.980. The molecular weight excluding hydrogens is 263 g/mol. The number of thioether (sulfide) groups is 1. The SMILES string of the molecule is CCNc1cc(SCC(C)C)nc(C(F)(F)F)n1. The van der Waals surface area contributed by atoms with Crippen LogP contribution in [0.5, 0.6) is 0 Å². The lowest BCUT2D eigenvalue weighted by Gasteiger charge is -2.11. The Balaban J connectivity index is 2.98. The second-order valence-corrected chi connectivity index (χ2v) is 5.19. The molecule has 0 unspecified atom stereocenters. The fourth-order valence-electron chi connectivity index (χ4n) is 1.15. The molecule has 0 radical (unpaired) electrons. The molecular formula is C11H16F3N3S. The van der Waals surface area contributed by atoms with E-state index in [4.69, 9.17) is 0 Å². The Morgan fingerprint density at radius 3 is 2.50 bits per heavy atom. The predicted octanol–water partition coefficient (Wildman–Crippen LogP) is 3.68. The Morgan fingerprint density at radius 2 is 2.00 bits per heavy atom. The monoisotopic (exact) mass is 279 g/mol. The van der Waals surface area contributed by atoms with Gasteiger partial charge in [-0.05, 0) is 12.8 Å². The molecule has 0 bridgehead atoms. The summed E-state index contributed by atoms with van der Waals surface area (Å²) in [5, 5.41) is 3.13. The average molecular weight is 279 g/mol. The molecule has 0 amide bonds. The highest BCUT2D eigenvalue weighted by atomic mass is 32.2. The fraction of sp³-hybridized carbons (Fsp3) is 0.636. The quantitative estimate of drug-likeness (QED) is 0.659. The molecule has 1 N–H and O–H groups in total. The average Bonchev–Trinajstić information content (AvgIpc) is 2.25. The highest BCUT2D eigenvalue weighted by Gasteiger charge is 2.35. The Morgan fingerprint density at radius 1 is 1.33 bits per heavy atom. The van der Waals surface area contributed by atoms with E-state index in [9.17, 15) is 13.2 Å². The summed E-state index contributed by atoms with van der Waals surface area (Å²) in [6, 6.07) is 1.55. The molecule has 0 spiro atoms. The molecule has 7 heteroatoms. The first-order chi connectivity index (χ1) is 8.32. The van der Waals surface area contributed by atoms with E-state index < -0.39 is 12.0 Å². The zero-order valence-electron chi connectivity index (χ0n) is 10.5. The van der Waals surface area contributed by atoms with Crippen LogP contribution in [-0.4, -0.2) is 22.3 Å². The predicted molar refractivity (Wildman–Crippen MR) is 66.8 cm³/mol. The maximum atomic E-state index is 12.6. The summed E-state index contributed by atoms with van der Waals surface area (Å²) in [5.74, 6) is 0.236. The van der Waals surface area contributed by atoms with Gasteiger partial charge in [0.25, 0.3) is 0 Å². The third kappa shape index (κ3) is 4.72. The summed E-state index contributed by atoms with van der Waals surface area (Å²) in [4.78, 5) is 7.01. The van der Waals surface area contributed by atoms with Gasteiger partial charge in [-0.15, -0.1) is 11.8 Å². The van der Waals surface area contributed by atoms with Crippen molar-refractivity contribution in [3.05, 3.63) is 11.9 Å². The van der Waals surface area contributed by atoms with E-state index in [0.29, 0.717) is 17.5 Å². The van der Waals surface area contributed by atoms with E-state index in [1.165, 1.54) is 11.8 Å². The third-order valence-electron chi connectivity index (χ3n) is 1.88. The van der Waals surface area contributed by atoms with Crippen molar-refractivity contribution in [3.63, 3.8) is 0 Å². The van der Waals surface area contributed by atoms with Gasteiger partial charge < -0.3 is 5.32 Å². The van der Waals surface area contributed by atoms with Crippen molar-refractivity contribution in [3.8, 4) is 0 Å². The van der Waals surface area contributed by atoms with E-state index in [2.05, 4.69) is 15.3 Å². The number of nitrogens with zero attached hydrogens (tertiary/aromatic N) is 2. The molecule has 1 aromatic rings. The number of nitrogens with one attached hydrogen (secondary N) is 1. The van der Waals surface area contributed by atoms with Crippen molar-refractivity contribution in [2.45, 2.75) is 32.0 Å². The molecule has 3 nitrogen and oxygen atoms in total. The highest BCUT2D eigenvalue weighted by Crippen LogP contribution is 2.30. The number of anilines is 1. The second-order valence-electron chi connectivity index (χ2n) is 4.15. The van der Waals surface area contributed by atoms with Gasteiger partial charge in [0, 0.05) is 18.4 Å². The molecule has 1 heterocycles. The number of hydrogen-bond acceptors (Lipinski definition) is 4. The van der Waals surface area contributed by atoms with Crippen LogP contribution in [0.1, 0.15) is 26.6 Å². The van der Waals surface area contributed by atoms with Gasteiger partial charge in [-0.2, -0.15) is 13.2 Å². The van der Waals surface area contributed by atoms with Crippen LogP contribution in [0.3, 0.4) is 0 Å². The Labute approximate surface area is 109 Å². The summed E-state index contributed by atoms with van der Waals surface area (Å²) in [5.41, 5.74) is 0. The molecule has 1 rings (SSSR count). The molecule has 18 heavy (non-hydrogen) atoms. The normalized spacial score (nSPS) is 11.9. The summed E-state index contributed by atoms with van der Waals surface area (Å²) >= 11 is 1.31. The molecule has 0 saturated carbocycles. The van der Waals surface area contributed by atoms with E-state index in [-0.39, 0.29) is 5.82 Å². The lowest BCUT2D eigenvalue weighted by atomic mass is 10.3. The standard InChI is InChI=1S/C11H16F3N3S/c1-4-15-8-5-9(18-6-7(2)3)17-10(16-8)11(12,13)14/h5,7H,4,6H2,1-3H3,(H,15,16,17). The molecule has 102 valence electrons. The van der Waals surface area contributed by atoms with Crippen LogP contribution in [0.2, 0.25) is 0 Å². The minimum Gasteiger partial charge on any atom is -0.370 e. The number of hydrogen-bond donors (Lipinski definition) is 1. The molecule has 0 aliphatic heterocycles. The molecule has 0 saturated heterocycles. The lowest BCUT2D eigenvalue weighted by Crippen LogP contribution is -2.13. The van der Waals surface area contributed by atoms with Gasteiger partial charge in [-0.3, -0.25) is 0 Å². The van der Waals surface area contributed by atoms with Gasteiger partial charge in [0.1, 0.15) is 10.8 Å². The molecule has 0 aromatic carbocycles. The minimum atomic E-state index is -4.52. The van der Waals surface area contributed by atoms with Crippen LogP contribution >= 0.6 is 11.8 Å². The minimum absolute atomic E-state index is 0.214. The summed E-state index contributed by atoms with van der Waals surface area (Å²) in [6.45, 7) is 6.33. The first-order valence-corrected chi connectivity index (χ1v) is 6.64. The Bertz CT molecular complexity index is 394. The van der Waals surface area contributed by atoms with Crippen LogP contribution in [0, 0.1) is 5.92 Å². The highest BCUT2D eigenvalue weighted by molar-refractivity contribution is 7.99. The van der Waals surface area contributed by atoms with Crippen molar-refractivity contribution in [1.29, 1.82) is 0 Å². The van der Waals surface area contributed by atoms with E-state index in [1.54, 1.807) is 13.0 Å². The van der Waals surface area contributed by atoms with Crippen molar-refractivity contribution in [2.75, 3.05) is 17.6 Å². The molecule has 0 aliphatic rings. The van der Waals surface area contributed by atoms with Gasteiger partial charge in [0.2, 0.25) is 5.82 Å². The number of alkyl halides is 3. The van der Waals surface area contributed by atoms with Gasteiger partial charge in [-0.25, -0.2) is 9.97 Å². The van der Waals surface area contributed by atoms with Gasteiger partial charge in [-0.1, -0.05) is 13.8 Å². The van der Waals surface area contributed by atoms with E-state index >= 15 is 0 Å². The summed E-state index contributed by atoms with van der Waals surface area (Å²) in [7, 11) is 0. The lowest BCUT2D eigenvalue weighted by molar-refractivity contribution is -0.145. The van der Waals surface area contributed by atoms with Crippen LogP contribution in [0.4, 0.5) is 19.0 Å². The van der Waals surface area contributed by atoms with Crippen molar-refractivity contribution >= 4 is 17.6 Å². The van der Waals surface area contributed by atoms with Gasteiger partial charge >= 0.3 is 6.18 Å². The molecule has 0 atom stereocenters. The van der Waals surface area contributed by atoms with Crippen LogP contribution in [0.15, 0.2) is 11.1 Å². The fourth-order valence-corrected chi connectivity index (χ4v) is 2.00. The first-order valence-electron chi connectivity index (χ1n) is 5.66. The third-order valence-corrected chi connectivity index (χ3v) is 3.22. The molecule has 0 fully saturated rings. The zero-order chi connectivity index (χ0) is 13.8. The zero-order valence-corrected chi connectivity index (χ0v) is 11.3. The smallest absolute Gasteiger partial charge is 0.370 e. The van der Waals surface area contributed by atoms with Crippen LogP contribution in [-0.2, 0) is 6.18 Å². The topological polar surface area (TPSA) is 37.8 Å². The number of aromatic nitrogens is 2. The van der Waals surface area contributed by atoms with Gasteiger partial charge in [0.15, 0.2) is 0 Å². The van der Waals surface area contributed by atoms with Crippen molar-refractivity contribution in [2.24, 2.45) is 5.92 Å². The molecule has 1 aromatic heterocycles. The van der Waals surface area contributed by atoms with Gasteiger partial charge in [0.05, 0.1) is 0 Å². The first kappa shape index (κ1) is 15.1. The maximum Gasteiger partial charge on any atom is 0.451 e. The van der Waals surface area contributed by atoms with Crippen molar-refractivity contribution in [1.82, 2.24) is 9.97 Å². The number of halogens is 3. The maximum absolute atomic E-state index is 12.6. The number of rotatable bonds is 5. The molecule has 0 aliphatic carbocycles. The van der Waals surface area contributed by atoms with E-state index in [1.807, 2.05) is 13.8 Å².